The van der Waals surface area contributed by atoms with E-state index in [0.29, 0.717) is 11.7 Å². The van der Waals surface area contributed by atoms with Crippen LogP contribution in [0.1, 0.15) is 17.0 Å². The van der Waals surface area contributed by atoms with Crippen molar-refractivity contribution in [2.75, 3.05) is 18.6 Å². The Morgan fingerprint density at radius 3 is 2.33 bits per heavy atom. The fourth-order valence-corrected chi connectivity index (χ4v) is 4.37. The second-order valence-electron chi connectivity index (χ2n) is 5.79. The van der Waals surface area contributed by atoms with E-state index in [1.165, 1.54) is 22.3 Å². The number of nitrogens with one attached hydrogen (secondary N) is 1. The Morgan fingerprint density at radius 1 is 1.21 bits per heavy atom. The van der Waals surface area contributed by atoms with E-state index in [2.05, 4.69) is 53.8 Å². The number of benzene rings is 2. The molecule has 0 fully saturated rings. The highest BCUT2D eigenvalue weighted by atomic mass is 32.2. The number of aliphatic carboxylic acids is 1. The molecule has 24 heavy (non-hydrogen) atoms. The summed E-state index contributed by atoms with van der Waals surface area (Å²) in [5.41, 5.74) is 5.27. The molecule has 0 radical (unpaired) electrons. The molecule has 4 nitrogen and oxygen atoms in total. The van der Waals surface area contributed by atoms with Crippen molar-refractivity contribution in [2.24, 2.45) is 0 Å². The molecule has 6 heteroatoms. The molecule has 3 rings (SSSR count). The Hall–Kier alpha value is -1.76. The largest absolute Gasteiger partial charge is 0.480 e. The Kier molecular flexibility index (Phi) is 5.61. The third-order valence-corrected chi connectivity index (χ3v) is 5.44. The fraction of sp³-hybridized carbons (Fsp3) is 0.278. The second-order valence-corrected chi connectivity index (χ2v) is 6.87. The summed E-state index contributed by atoms with van der Waals surface area (Å²) in [6.45, 7) is 0. The van der Waals surface area contributed by atoms with Crippen molar-refractivity contribution < 1.29 is 14.6 Å². The maximum Gasteiger partial charge on any atom is 0.361 e. The van der Waals surface area contributed by atoms with Crippen LogP contribution < -0.4 is 5.23 Å². The normalized spacial score (nSPS) is 14.0. The van der Waals surface area contributed by atoms with Crippen LogP contribution in [0.25, 0.3) is 11.1 Å². The SMILES string of the molecule is COBN[C@H](CSCC1c2ccccc2-c2ccccc21)C(=O)O. The van der Waals surface area contributed by atoms with Crippen LogP contribution in [0.2, 0.25) is 0 Å². The first kappa shape index (κ1) is 17.1. The van der Waals surface area contributed by atoms with Crippen molar-refractivity contribution in [3.63, 3.8) is 0 Å². The minimum atomic E-state index is -0.841. The zero-order valence-corrected chi connectivity index (χ0v) is 14.4. The smallest absolute Gasteiger partial charge is 0.361 e. The van der Waals surface area contributed by atoms with Gasteiger partial charge in [0, 0.05) is 24.5 Å². The molecule has 0 heterocycles. The molecule has 1 aliphatic carbocycles. The predicted octanol–water partition coefficient (Wildman–Crippen LogP) is 2.49. The first-order valence-corrected chi connectivity index (χ1v) is 9.09. The summed E-state index contributed by atoms with van der Waals surface area (Å²) in [5, 5.41) is 12.2. The quantitative estimate of drug-likeness (QED) is 0.723. The first-order chi connectivity index (χ1) is 11.7. The molecule has 0 saturated heterocycles. The molecule has 0 spiro atoms. The highest BCUT2D eigenvalue weighted by Gasteiger charge is 2.28. The zero-order valence-electron chi connectivity index (χ0n) is 13.6. The summed E-state index contributed by atoms with van der Waals surface area (Å²) in [6.07, 6.45) is 0. The van der Waals surface area contributed by atoms with Crippen molar-refractivity contribution in [1.29, 1.82) is 0 Å². The maximum absolute atomic E-state index is 11.3. The molecule has 124 valence electrons. The summed E-state index contributed by atoms with van der Waals surface area (Å²) >= 11 is 1.67. The Bertz CT molecular complexity index is 679. The van der Waals surface area contributed by atoms with Crippen LogP contribution in [-0.2, 0) is 9.45 Å². The highest BCUT2D eigenvalue weighted by Crippen LogP contribution is 2.45. The van der Waals surface area contributed by atoms with Crippen LogP contribution in [0, 0.1) is 0 Å². The number of thioether (sulfide) groups is 1. The van der Waals surface area contributed by atoms with Crippen molar-refractivity contribution in [1.82, 2.24) is 5.23 Å². The summed E-state index contributed by atoms with van der Waals surface area (Å²) in [6, 6.07) is 16.4. The average molecular weight is 341 g/mol. The standard InChI is InChI=1S/C18H20BNO3S/c1-23-19-20-17(18(21)22)11-24-10-16-14-8-4-2-6-12(14)13-7-3-5-9-15(13)16/h2-9,16-17,19-20H,10-11H2,1H3,(H,21,22)/t17-/m1/s1. The molecule has 0 saturated carbocycles. The monoisotopic (exact) mass is 341 g/mol. The number of carboxylic acids is 1. The Balaban J connectivity index is 1.70. The van der Waals surface area contributed by atoms with Gasteiger partial charge in [-0.3, -0.25) is 4.79 Å². The zero-order chi connectivity index (χ0) is 16.9. The van der Waals surface area contributed by atoms with E-state index < -0.39 is 12.0 Å². The lowest BCUT2D eigenvalue weighted by atomic mass is 9.99. The number of fused-ring (bicyclic) bond motifs is 3. The summed E-state index contributed by atoms with van der Waals surface area (Å²) < 4.78 is 4.91. The predicted molar refractivity (Wildman–Crippen MR) is 99.8 cm³/mol. The molecule has 1 atom stereocenters. The van der Waals surface area contributed by atoms with E-state index in [-0.39, 0.29) is 7.62 Å². The van der Waals surface area contributed by atoms with Gasteiger partial charge in [0.15, 0.2) is 0 Å². The molecular formula is C18H20BNO3S. The van der Waals surface area contributed by atoms with Crippen molar-refractivity contribution >= 4 is 25.3 Å². The number of carboxylic acid groups (broad SMARTS) is 1. The van der Waals surface area contributed by atoms with E-state index in [0.717, 1.165) is 5.75 Å². The molecule has 2 aromatic carbocycles. The number of hydrogen-bond acceptors (Lipinski definition) is 4. The topological polar surface area (TPSA) is 58.6 Å². The molecular weight excluding hydrogens is 321 g/mol. The molecule has 0 unspecified atom stereocenters. The molecule has 0 aliphatic heterocycles. The summed E-state index contributed by atoms with van der Waals surface area (Å²) in [4.78, 5) is 11.3. The molecule has 0 aromatic heterocycles. The molecule has 2 N–H and O–H groups in total. The lowest BCUT2D eigenvalue weighted by Crippen LogP contribution is -2.41. The van der Waals surface area contributed by atoms with E-state index >= 15 is 0 Å². The highest BCUT2D eigenvalue weighted by molar-refractivity contribution is 7.99. The van der Waals surface area contributed by atoms with Crippen molar-refractivity contribution in [2.45, 2.75) is 12.0 Å². The summed E-state index contributed by atoms with van der Waals surface area (Å²) in [5.74, 6) is 0.859. The molecule has 1 aliphatic rings. The fourth-order valence-electron chi connectivity index (χ4n) is 3.14. The van der Waals surface area contributed by atoms with Crippen LogP contribution >= 0.6 is 11.8 Å². The number of hydrogen-bond donors (Lipinski definition) is 2. The third kappa shape index (κ3) is 3.51. The van der Waals surface area contributed by atoms with Crippen LogP contribution in [0.15, 0.2) is 48.5 Å². The summed E-state index contributed by atoms with van der Waals surface area (Å²) in [7, 11) is 1.79. The maximum atomic E-state index is 11.3. The van der Waals surface area contributed by atoms with Gasteiger partial charge in [-0.2, -0.15) is 11.8 Å². The van der Waals surface area contributed by atoms with Gasteiger partial charge in [-0.05, 0) is 22.3 Å². The average Bonchev–Trinajstić information content (AvgIpc) is 2.92. The molecule has 2 aromatic rings. The van der Waals surface area contributed by atoms with Gasteiger partial charge in [0.25, 0.3) is 0 Å². The minimum Gasteiger partial charge on any atom is -0.480 e. The Labute approximate surface area is 146 Å². The van der Waals surface area contributed by atoms with Gasteiger partial charge in [-0.1, -0.05) is 48.5 Å². The minimum absolute atomic E-state index is 0.243. The van der Waals surface area contributed by atoms with E-state index in [1.807, 2.05) is 0 Å². The molecule has 0 bridgehead atoms. The van der Waals surface area contributed by atoms with Crippen LogP contribution in [0.3, 0.4) is 0 Å². The van der Waals surface area contributed by atoms with Gasteiger partial charge in [-0.25, -0.2) is 0 Å². The van der Waals surface area contributed by atoms with E-state index in [1.54, 1.807) is 18.9 Å². The second kappa shape index (κ2) is 7.88. The lowest BCUT2D eigenvalue weighted by molar-refractivity contribution is -0.138. The number of carbonyl (C=O) groups is 1. The number of rotatable bonds is 8. The van der Waals surface area contributed by atoms with E-state index in [4.69, 9.17) is 4.65 Å². The third-order valence-electron chi connectivity index (χ3n) is 4.30. The Morgan fingerprint density at radius 2 is 1.79 bits per heavy atom. The molecule has 0 amide bonds. The van der Waals surface area contributed by atoms with Crippen molar-refractivity contribution in [3.8, 4) is 11.1 Å². The van der Waals surface area contributed by atoms with Gasteiger partial charge in [0.1, 0.15) is 6.04 Å². The van der Waals surface area contributed by atoms with Gasteiger partial charge < -0.3 is 15.0 Å². The van der Waals surface area contributed by atoms with Crippen LogP contribution in [0.4, 0.5) is 0 Å². The van der Waals surface area contributed by atoms with E-state index in [9.17, 15) is 9.90 Å². The van der Waals surface area contributed by atoms with Crippen LogP contribution in [0.5, 0.6) is 0 Å². The van der Waals surface area contributed by atoms with Gasteiger partial charge in [0.05, 0.1) is 0 Å². The van der Waals surface area contributed by atoms with Crippen molar-refractivity contribution in [3.05, 3.63) is 59.7 Å². The van der Waals surface area contributed by atoms with Gasteiger partial charge in [0.2, 0.25) is 0 Å². The first-order valence-electron chi connectivity index (χ1n) is 7.93. The van der Waals surface area contributed by atoms with Crippen LogP contribution in [-0.4, -0.2) is 43.4 Å². The lowest BCUT2D eigenvalue weighted by Gasteiger charge is -2.16. The van der Waals surface area contributed by atoms with Gasteiger partial charge in [-0.15, -0.1) is 0 Å². The van der Waals surface area contributed by atoms with Gasteiger partial charge >= 0.3 is 13.6 Å².